The maximum atomic E-state index is 13.1. The zero-order chi connectivity index (χ0) is 16.2. The fourth-order valence-corrected chi connectivity index (χ4v) is 1.66. The smallest absolute Gasteiger partial charge is 0.239 e. The van der Waals surface area contributed by atoms with Gasteiger partial charge in [-0.1, -0.05) is 25.4 Å². The number of carbonyl (C=O) groups excluding carboxylic acids is 2. The van der Waals surface area contributed by atoms with Crippen LogP contribution in [0.2, 0.25) is 5.02 Å². The molecule has 0 fully saturated rings. The molecule has 2 amide bonds. The van der Waals surface area contributed by atoms with E-state index in [9.17, 15) is 14.0 Å². The summed E-state index contributed by atoms with van der Waals surface area (Å²) in [6, 6.07) is 3.85. The van der Waals surface area contributed by atoms with Gasteiger partial charge in [0.1, 0.15) is 11.2 Å². The molecule has 0 bridgehead atoms. The van der Waals surface area contributed by atoms with E-state index in [2.05, 4.69) is 10.6 Å². The first-order valence-electron chi connectivity index (χ1n) is 6.69. The zero-order valence-electron chi connectivity index (χ0n) is 12.6. The predicted octanol–water partition coefficient (Wildman–Crippen LogP) is 3.22. The molecule has 0 radical (unpaired) electrons. The van der Waals surface area contributed by atoms with Crippen LogP contribution in [-0.2, 0) is 9.59 Å². The van der Waals surface area contributed by atoms with Crippen LogP contribution < -0.4 is 10.6 Å². The summed E-state index contributed by atoms with van der Waals surface area (Å²) in [5.74, 6) is -1.11. The molecule has 2 N–H and O–H groups in total. The lowest BCUT2D eigenvalue weighted by Gasteiger charge is -2.23. The van der Waals surface area contributed by atoms with E-state index >= 15 is 0 Å². The molecule has 116 valence electrons. The maximum absolute atomic E-state index is 13.1. The summed E-state index contributed by atoms with van der Waals surface area (Å²) < 4.78 is 13.1. The van der Waals surface area contributed by atoms with E-state index in [1.807, 2.05) is 13.8 Å². The third-order valence-electron chi connectivity index (χ3n) is 2.98. The monoisotopic (exact) mass is 314 g/mol. The Bertz CT molecular complexity index is 544. The van der Waals surface area contributed by atoms with Crippen LogP contribution in [0.4, 0.5) is 10.1 Å². The minimum Gasteiger partial charge on any atom is -0.355 e. The van der Waals surface area contributed by atoms with Crippen molar-refractivity contribution in [2.45, 2.75) is 27.7 Å². The molecule has 1 aromatic carbocycles. The van der Waals surface area contributed by atoms with Crippen LogP contribution in [0.1, 0.15) is 27.7 Å². The second-order valence-corrected chi connectivity index (χ2v) is 6.22. The molecular weight excluding hydrogens is 295 g/mol. The van der Waals surface area contributed by atoms with Gasteiger partial charge in [-0.15, -0.1) is 0 Å². The molecule has 0 atom stereocenters. The van der Waals surface area contributed by atoms with E-state index in [1.54, 1.807) is 0 Å². The molecule has 1 rings (SSSR count). The van der Waals surface area contributed by atoms with Crippen molar-refractivity contribution >= 4 is 29.1 Å². The molecule has 0 aliphatic carbocycles. The third kappa shape index (κ3) is 4.70. The van der Waals surface area contributed by atoms with E-state index in [0.717, 1.165) is 6.07 Å². The number of nitrogens with one attached hydrogen (secondary N) is 2. The average Bonchev–Trinajstić information content (AvgIpc) is 2.39. The van der Waals surface area contributed by atoms with Crippen molar-refractivity contribution in [2.24, 2.45) is 11.3 Å². The van der Waals surface area contributed by atoms with Crippen molar-refractivity contribution in [2.75, 3.05) is 11.9 Å². The van der Waals surface area contributed by atoms with Gasteiger partial charge in [-0.05, 0) is 38.0 Å². The number of benzene rings is 1. The van der Waals surface area contributed by atoms with Crippen molar-refractivity contribution in [3.05, 3.63) is 29.0 Å². The van der Waals surface area contributed by atoms with E-state index < -0.39 is 17.1 Å². The standard InChI is InChI=1S/C15H20ClFN2O2/c1-9(2)8-18-13(20)15(3,4)14(21)19-10-5-6-12(17)11(16)7-10/h5-7,9H,8H2,1-4H3,(H,18,20)(H,19,21). The minimum atomic E-state index is -1.24. The molecular formula is C15H20ClFN2O2. The highest BCUT2D eigenvalue weighted by Crippen LogP contribution is 2.23. The topological polar surface area (TPSA) is 58.2 Å². The molecule has 1 aromatic rings. The lowest BCUT2D eigenvalue weighted by Crippen LogP contribution is -2.46. The van der Waals surface area contributed by atoms with Crippen LogP contribution in [0.5, 0.6) is 0 Å². The maximum Gasteiger partial charge on any atom is 0.239 e. The van der Waals surface area contributed by atoms with Gasteiger partial charge in [0.2, 0.25) is 11.8 Å². The second kappa shape index (κ2) is 6.89. The van der Waals surface area contributed by atoms with Gasteiger partial charge in [0.05, 0.1) is 5.02 Å². The number of amides is 2. The summed E-state index contributed by atoms with van der Waals surface area (Å²) in [4.78, 5) is 24.3. The Morgan fingerprint density at radius 1 is 1.29 bits per heavy atom. The van der Waals surface area contributed by atoms with E-state index in [0.29, 0.717) is 18.2 Å². The molecule has 0 heterocycles. The average molecular weight is 315 g/mol. The van der Waals surface area contributed by atoms with Gasteiger partial charge >= 0.3 is 0 Å². The second-order valence-electron chi connectivity index (χ2n) is 5.81. The summed E-state index contributed by atoms with van der Waals surface area (Å²) in [5, 5.41) is 5.20. The minimum absolute atomic E-state index is 0.0881. The van der Waals surface area contributed by atoms with Crippen LogP contribution >= 0.6 is 11.6 Å². The molecule has 0 saturated carbocycles. The molecule has 0 spiro atoms. The first-order valence-corrected chi connectivity index (χ1v) is 7.07. The Morgan fingerprint density at radius 2 is 1.90 bits per heavy atom. The quantitative estimate of drug-likeness (QED) is 0.820. The molecule has 0 aliphatic rings. The van der Waals surface area contributed by atoms with Crippen molar-refractivity contribution in [1.29, 1.82) is 0 Å². The number of halogens is 2. The summed E-state index contributed by atoms with van der Waals surface area (Å²) in [7, 11) is 0. The van der Waals surface area contributed by atoms with Crippen LogP contribution in [0.25, 0.3) is 0 Å². The molecule has 4 nitrogen and oxygen atoms in total. The largest absolute Gasteiger partial charge is 0.355 e. The lowest BCUT2D eigenvalue weighted by atomic mass is 9.90. The van der Waals surface area contributed by atoms with E-state index in [1.165, 1.54) is 26.0 Å². The molecule has 0 unspecified atom stereocenters. The SMILES string of the molecule is CC(C)CNC(=O)C(C)(C)C(=O)Nc1ccc(F)c(Cl)c1. The molecule has 0 aromatic heterocycles. The van der Waals surface area contributed by atoms with Gasteiger partial charge < -0.3 is 10.6 Å². The van der Waals surface area contributed by atoms with E-state index in [4.69, 9.17) is 11.6 Å². The Balaban J connectivity index is 2.76. The summed E-state index contributed by atoms with van der Waals surface area (Å²) >= 11 is 5.65. The Labute approximate surface area is 129 Å². The van der Waals surface area contributed by atoms with Crippen molar-refractivity contribution in [3.8, 4) is 0 Å². The number of rotatable bonds is 5. The van der Waals surface area contributed by atoms with Crippen LogP contribution in [-0.4, -0.2) is 18.4 Å². The summed E-state index contributed by atoms with van der Waals surface area (Å²) in [5.41, 5.74) is -0.897. The molecule has 0 saturated heterocycles. The third-order valence-corrected chi connectivity index (χ3v) is 3.27. The van der Waals surface area contributed by atoms with Crippen LogP contribution in [0, 0.1) is 17.2 Å². The van der Waals surface area contributed by atoms with Gasteiger partial charge in [0, 0.05) is 12.2 Å². The predicted molar refractivity (Wildman–Crippen MR) is 81.7 cm³/mol. The van der Waals surface area contributed by atoms with Gasteiger partial charge in [-0.25, -0.2) is 4.39 Å². The Kier molecular flexibility index (Phi) is 5.72. The number of carbonyl (C=O) groups is 2. The molecule has 6 heteroatoms. The molecule has 21 heavy (non-hydrogen) atoms. The number of anilines is 1. The van der Waals surface area contributed by atoms with E-state index in [-0.39, 0.29) is 10.9 Å². The first-order chi connectivity index (χ1) is 9.64. The van der Waals surface area contributed by atoms with Gasteiger partial charge in [0.15, 0.2) is 0 Å². The highest BCUT2D eigenvalue weighted by Gasteiger charge is 2.36. The summed E-state index contributed by atoms with van der Waals surface area (Å²) in [6.07, 6.45) is 0. The molecule has 0 aliphatic heterocycles. The van der Waals surface area contributed by atoms with Crippen molar-refractivity contribution < 1.29 is 14.0 Å². The Hall–Kier alpha value is -1.62. The number of hydrogen-bond acceptors (Lipinski definition) is 2. The van der Waals surface area contributed by atoms with Gasteiger partial charge in [-0.3, -0.25) is 9.59 Å². The van der Waals surface area contributed by atoms with Crippen LogP contribution in [0.15, 0.2) is 18.2 Å². The van der Waals surface area contributed by atoms with Crippen LogP contribution in [0.3, 0.4) is 0 Å². The van der Waals surface area contributed by atoms with Gasteiger partial charge in [-0.2, -0.15) is 0 Å². The van der Waals surface area contributed by atoms with Crippen molar-refractivity contribution in [3.63, 3.8) is 0 Å². The normalized spacial score (nSPS) is 11.4. The fraction of sp³-hybridized carbons (Fsp3) is 0.467. The Morgan fingerprint density at radius 3 is 2.43 bits per heavy atom. The first kappa shape index (κ1) is 17.4. The fourth-order valence-electron chi connectivity index (χ4n) is 1.48. The zero-order valence-corrected chi connectivity index (χ0v) is 13.3. The van der Waals surface area contributed by atoms with Gasteiger partial charge in [0.25, 0.3) is 0 Å². The highest BCUT2D eigenvalue weighted by atomic mass is 35.5. The highest BCUT2D eigenvalue weighted by molar-refractivity contribution is 6.31. The number of hydrogen-bond donors (Lipinski definition) is 2. The summed E-state index contributed by atoms with van der Waals surface area (Å²) in [6.45, 7) is 7.49. The lowest BCUT2D eigenvalue weighted by molar-refractivity contribution is -0.138. The van der Waals surface area contributed by atoms with Crippen molar-refractivity contribution in [1.82, 2.24) is 5.32 Å².